The molecule has 2 aromatic carbocycles. The van der Waals surface area contributed by atoms with Crippen molar-refractivity contribution in [3.05, 3.63) is 81.4 Å². The normalized spacial score (nSPS) is 11.1. The first-order valence-corrected chi connectivity index (χ1v) is 7.54. The molecule has 1 heterocycles. The number of ether oxygens (including phenoxy) is 1. The van der Waals surface area contributed by atoms with Gasteiger partial charge in [-0.3, -0.25) is 4.79 Å². The largest absolute Gasteiger partial charge is 0.497 e. The minimum absolute atomic E-state index is 0.0234. The Morgan fingerprint density at radius 2 is 1.88 bits per heavy atom. The fraction of sp³-hybridized carbons (Fsp3) is 0.0526. The summed E-state index contributed by atoms with van der Waals surface area (Å²) in [6, 6.07) is 13.5. The number of hydrogen-bond acceptors (Lipinski definition) is 4. The van der Waals surface area contributed by atoms with Gasteiger partial charge in [-0.15, -0.1) is 0 Å². The van der Waals surface area contributed by atoms with Gasteiger partial charge in [-0.05, 0) is 41.3 Å². The summed E-state index contributed by atoms with van der Waals surface area (Å²) in [4.78, 5) is 24.1. The zero-order valence-electron chi connectivity index (χ0n) is 12.8. The van der Waals surface area contributed by atoms with Crippen molar-refractivity contribution in [1.29, 1.82) is 0 Å². The van der Waals surface area contributed by atoms with Crippen molar-refractivity contribution in [3.8, 4) is 5.75 Å². The summed E-state index contributed by atoms with van der Waals surface area (Å²) in [6.45, 7) is 0. The van der Waals surface area contributed by atoms with Gasteiger partial charge in [0.15, 0.2) is 5.76 Å². The number of carbonyl (C=O) groups excluding carboxylic acids is 1. The van der Waals surface area contributed by atoms with Gasteiger partial charge in [-0.2, -0.15) is 0 Å². The minimum Gasteiger partial charge on any atom is -0.497 e. The van der Waals surface area contributed by atoms with Crippen LogP contribution >= 0.6 is 11.6 Å². The third-order valence-electron chi connectivity index (χ3n) is 3.50. The Hall–Kier alpha value is -2.85. The van der Waals surface area contributed by atoms with E-state index >= 15 is 0 Å². The van der Waals surface area contributed by atoms with E-state index in [-0.39, 0.29) is 5.76 Å². The van der Waals surface area contributed by atoms with Crippen LogP contribution in [0.15, 0.2) is 63.8 Å². The lowest BCUT2D eigenvalue weighted by Crippen LogP contribution is -2.04. The van der Waals surface area contributed by atoms with Crippen LogP contribution in [0.4, 0.5) is 0 Å². The van der Waals surface area contributed by atoms with Gasteiger partial charge >= 0.3 is 5.63 Å². The quantitative estimate of drug-likeness (QED) is 0.523. The zero-order valence-corrected chi connectivity index (χ0v) is 13.5. The topological polar surface area (TPSA) is 56.5 Å². The molecule has 0 saturated heterocycles. The second kappa shape index (κ2) is 6.72. The number of fused-ring (bicyclic) bond motifs is 1. The molecule has 0 atom stereocenters. The smallest absolute Gasteiger partial charge is 0.336 e. The number of ketones is 1. The number of hydrogen-bond donors (Lipinski definition) is 0. The van der Waals surface area contributed by atoms with E-state index < -0.39 is 11.4 Å². The van der Waals surface area contributed by atoms with Crippen LogP contribution in [0.2, 0.25) is 5.02 Å². The molecule has 0 spiro atoms. The van der Waals surface area contributed by atoms with Gasteiger partial charge < -0.3 is 9.15 Å². The molecule has 0 unspecified atom stereocenters. The Morgan fingerprint density at radius 3 is 2.58 bits per heavy atom. The standard InChI is InChI=1S/C19H13ClO4/c1-23-15-7-2-12(3-8-15)4-9-17(21)19-16-11-14(20)6-5-13(16)10-18(22)24-19/h2-11H,1H3. The molecular formula is C19H13ClO4. The molecule has 1 aromatic heterocycles. The number of rotatable bonds is 4. The summed E-state index contributed by atoms with van der Waals surface area (Å²) >= 11 is 5.98. The summed E-state index contributed by atoms with van der Waals surface area (Å²) in [5.74, 6) is 0.300. The average molecular weight is 341 g/mol. The molecule has 0 aliphatic heterocycles. The van der Waals surface area contributed by atoms with E-state index in [0.29, 0.717) is 15.8 Å². The van der Waals surface area contributed by atoms with E-state index in [2.05, 4.69) is 0 Å². The van der Waals surface area contributed by atoms with E-state index in [0.717, 1.165) is 11.3 Å². The van der Waals surface area contributed by atoms with E-state index in [1.165, 1.54) is 12.1 Å². The first kappa shape index (κ1) is 16.0. The van der Waals surface area contributed by atoms with E-state index in [9.17, 15) is 9.59 Å². The predicted octanol–water partition coefficient (Wildman–Crippen LogP) is 4.35. The van der Waals surface area contributed by atoms with Crippen LogP contribution in [0.25, 0.3) is 16.8 Å². The van der Waals surface area contributed by atoms with Crippen LogP contribution in [0.5, 0.6) is 5.75 Å². The van der Waals surface area contributed by atoms with Crippen LogP contribution in [0.1, 0.15) is 16.1 Å². The number of halogens is 1. The molecule has 3 aromatic rings. The Labute approximate surface area is 142 Å². The van der Waals surface area contributed by atoms with Crippen LogP contribution in [-0.2, 0) is 0 Å². The zero-order chi connectivity index (χ0) is 17.1. The molecule has 0 radical (unpaired) electrons. The average Bonchev–Trinajstić information content (AvgIpc) is 2.59. The second-order valence-corrected chi connectivity index (χ2v) is 5.53. The summed E-state index contributed by atoms with van der Waals surface area (Å²) in [6.07, 6.45) is 3.01. The highest BCUT2D eigenvalue weighted by molar-refractivity contribution is 6.31. The van der Waals surface area contributed by atoms with Crippen molar-refractivity contribution < 1.29 is 13.9 Å². The number of methoxy groups -OCH3 is 1. The molecule has 0 saturated carbocycles. The van der Waals surface area contributed by atoms with Gasteiger partial charge in [0.2, 0.25) is 5.78 Å². The molecule has 24 heavy (non-hydrogen) atoms. The third-order valence-corrected chi connectivity index (χ3v) is 3.74. The van der Waals surface area contributed by atoms with E-state index in [1.807, 2.05) is 12.1 Å². The number of benzene rings is 2. The predicted molar refractivity (Wildman–Crippen MR) is 93.9 cm³/mol. The van der Waals surface area contributed by atoms with E-state index in [4.69, 9.17) is 20.8 Å². The van der Waals surface area contributed by atoms with Crippen LogP contribution in [0.3, 0.4) is 0 Å². The highest BCUT2D eigenvalue weighted by Gasteiger charge is 2.12. The van der Waals surface area contributed by atoms with Gasteiger partial charge in [0.25, 0.3) is 0 Å². The summed E-state index contributed by atoms with van der Waals surface area (Å²) in [7, 11) is 1.59. The third kappa shape index (κ3) is 3.39. The van der Waals surface area contributed by atoms with E-state index in [1.54, 1.807) is 43.5 Å². The Balaban J connectivity index is 1.97. The SMILES string of the molecule is COc1ccc(C=CC(=O)c2oc(=O)cc3ccc(Cl)cc23)cc1. The lowest BCUT2D eigenvalue weighted by molar-refractivity contribution is 0.102. The van der Waals surface area contributed by atoms with Gasteiger partial charge in [-0.25, -0.2) is 4.79 Å². The lowest BCUT2D eigenvalue weighted by Gasteiger charge is -2.02. The first-order chi connectivity index (χ1) is 11.6. The van der Waals surface area contributed by atoms with Crippen LogP contribution in [-0.4, -0.2) is 12.9 Å². The van der Waals surface area contributed by atoms with Crippen molar-refractivity contribution in [2.75, 3.05) is 7.11 Å². The Bertz CT molecular complexity index is 984. The molecule has 0 aliphatic carbocycles. The fourth-order valence-corrected chi connectivity index (χ4v) is 2.48. The molecule has 0 bridgehead atoms. The van der Waals surface area contributed by atoms with Crippen molar-refractivity contribution in [2.45, 2.75) is 0 Å². The Kier molecular flexibility index (Phi) is 4.49. The number of carbonyl (C=O) groups is 1. The van der Waals surface area contributed by atoms with Gasteiger partial charge in [-0.1, -0.05) is 35.9 Å². The highest BCUT2D eigenvalue weighted by atomic mass is 35.5. The lowest BCUT2D eigenvalue weighted by atomic mass is 10.1. The van der Waals surface area contributed by atoms with Gasteiger partial charge in [0.05, 0.1) is 7.11 Å². The first-order valence-electron chi connectivity index (χ1n) is 7.17. The van der Waals surface area contributed by atoms with Crippen molar-refractivity contribution in [1.82, 2.24) is 0 Å². The van der Waals surface area contributed by atoms with Gasteiger partial charge in [0.1, 0.15) is 5.75 Å². The highest BCUT2D eigenvalue weighted by Crippen LogP contribution is 2.22. The molecule has 4 nitrogen and oxygen atoms in total. The molecular weight excluding hydrogens is 328 g/mol. The maximum Gasteiger partial charge on any atom is 0.336 e. The molecule has 3 rings (SSSR count). The molecule has 120 valence electrons. The molecule has 5 heteroatoms. The van der Waals surface area contributed by atoms with Crippen LogP contribution in [0, 0.1) is 0 Å². The maximum atomic E-state index is 12.4. The number of allylic oxidation sites excluding steroid dienone is 1. The van der Waals surface area contributed by atoms with Crippen molar-refractivity contribution in [2.24, 2.45) is 0 Å². The van der Waals surface area contributed by atoms with Crippen molar-refractivity contribution in [3.63, 3.8) is 0 Å². The summed E-state index contributed by atoms with van der Waals surface area (Å²) in [5, 5.41) is 1.58. The molecule has 0 N–H and O–H groups in total. The molecule has 0 aliphatic rings. The Morgan fingerprint density at radius 1 is 1.12 bits per heavy atom. The maximum absolute atomic E-state index is 12.4. The van der Waals surface area contributed by atoms with Crippen LogP contribution < -0.4 is 10.4 Å². The second-order valence-electron chi connectivity index (χ2n) is 5.10. The summed E-state index contributed by atoms with van der Waals surface area (Å²) in [5.41, 5.74) is 0.246. The minimum atomic E-state index is -0.578. The van der Waals surface area contributed by atoms with Crippen molar-refractivity contribution >= 4 is 34.2 Å². The molecule has 0 fully saturated rings. The fourth-order valence-electron chi connectivity index (χ4n) is 2.31. The monoisotopic (exact) mass is 340 g/mol. The summed E-state index contributed by atoms with van der Waals surface area (Å²) < 4.78 is 10.2. The van der Waals surface area contributed by atoms with Gasteiger partial charge in [0, 0.05) is 16.5 Å². The molecule has 0 amide bonds.